The summed E-state index contributed by atoms with van der Waals surface area (Å²) in [7, 11) is 3.32. The number of hydrogen-bond acceptors (Lipinski definition) is 5. The number of carbonyl (C=O) groups is 2. The molecule has 1 aliphatic heterocycles. The van der Waals surface area contributed by atoms with Gasteiger partial charge in [-0.1, -0.05) is 23.9 Å². The molecule has 2 amide bonds. The van der Waals surface area contributed by atoms with Crippen molar-refractivity contribution in [3.8, 4) is 0 Å². The summed E-state index contributed by atoms with van der Waals surface area (Å²) in [4.78, 5) is 30.7. The molecule has 2 rings (SSSR count). The fourth-order valence-electron chi connectivity index (χ4n) is 2.02. The van der Waals surface area contributed by atoms with Crippen molar-refractivity contribution >= 4 is 46.2 Å². The first-order valence-electron chi connectivity index (χ1n) is 6.40. The van der Waals surface area contributed by atoms with Gasteiger partial charge in [0, 0.05) is 25.4 Å². The van der Waals surface area contributed by atoms with Crippen LogP contribution in [0.2, 0.25) is 0 Å². The van der Waals surface area contributed by atoms with E-state index in [2.05, 4.69) is 10.3 Å². The first-order chi connectivity index (χ1) is 10.1. The molecular formula is C14H17N3O2S2. The van der Waals surface area contributed by atoms with Crippen molar-refractivity contribution < 1.29 is 9.59 Å². The highest BCUT2D eigenvalue weighted by atomic mass is 32.2. The number of aliphatic imine (C=N–C) groups is 1. The molecule has 0 spiro atoms. The molecule has 1 atom stereocenters. The molecule has 0 bridgehead atoms. The molecule has 0 saturated carbocycles. The van der Waals surface area contributed by atoms with Crippen molar-refractivity contribution in [1.29, 1.82) is 0 Å². The van der Waals surface area contributed by atoms with E-state index >= 15 is 0 Å². The first-order valence-corrected chi connectivity index (χ1v) is 8.51. The topological polar surface area (TPSA) is 61.8 Å². The number of hydrogen-bond donors (Lipinski definition) is 1. The molecule has 0 unspecified atom stereocenters. The Morgan fingerprint density at radius 2 is 2.19 bits per heavy atom. The molecule has 0 radical (unpaired) electrons. The van der Waals surface area contributed by atoms with Crippen LogP contribution < -0.4 is 5.32 Å². The molecule has 0 aliphatic carbocycles. The SMILES string of the molecule is CN=C1S[C@@H](CC(=O)Nc2ccccc2SC)C(=O)N1C. The van der Waals surface area contributed by atoms with Gasteiger partial charge in [-0.3, -0.25) is 19.5 Å². The molecule has 1 aromatic rings. The summed E-state index contributed by atoms with van der Waals surface area (Å²) in [6.07, 6.45) is 2.11. The van der Waals surface area contributed by atoms with Crippen molar-refractivity contribution in [3.05, 3.63) is 24.3 Å². The first kappa shape index (κ1) is 15.9. The minimum absolute atomic E-state index is 0.0751. The molecule has 1 saturated heterocycles. The Balaban J connectivity index is 2.01. The highest BCUT2D eigenvalue weighted by Crippen LogP contribution is 2.29. The van der Waals surface area contributed by atoms with Gasteiger partial charge in [0.1, 0.15) is 5.25 Å². The summed E-state index contributed by atoms with van der Waals surface area (Å²) in [5.41, 5.74) is 0.781. The van der Waals surface area contributed by atoms with Crippen LogP contribution in [0.4, 0.5) is 5.69 Å². The summed E-state index contributed by atoms with van der Waals surface area (Å²) in [5.74, 6) is -0.234. The number of benzene rings is 1. The number of nitrogens with zero attached hydrogens (tertiary/aromatic N) is 2. The monoisotopic (exact) mass is 323 g/mol. The van der Waals surface area contributed by atoms with Gasteiger partial charge in [-0.25, -0.2) is 0 Å². The van der Waals surface area contributed by atoms with Crippen LogP contribution >= 0.6 is 23.5 Å². The Bertz CT molecular complexity index is 589. The number of para-hydroxylation sites is 1. The molecule has 21 heavy (non-hydrogen) atoms. The van der Waals surface area contributed by atoms with Gasteiger partial charge in [0.25, 0.3) is 0 Å². The number of rotatable bonds is 4. The standard InChI is InChI=1S/C14H17N3O2S2/c1-15-14-17(2)13(19)11(21-14)8-12(18)16-9-6-4-5-7-10(9)20-3/h4-7,11H,8H2,1-3H3,(H,16,18)/t11-/m0/s1. The molecule has 5 nitrogen and oxygen atoms in total. The average molecular weight is 323 g/mol. The van der Waals surface area contributed by atoms with Gasteiger partial charge in [-0.2, -0.15) is 0 Å². The zero-order valence-electron chi connectivity index (χ0n) is 12.1. The summed E-state index contributed by atoms with van der Waals surface area (Å²) in [6.45, 7) is 0. The molecule has 1 aromatic carbocycles. The zero-order valence-corrected chi connectivity index (χ0v) is 13.8. The van der Waals surface area contributed by atoms with E-state index in [1.165, 1.54) is 16.7 Å². The predicted octanol–water partition coefficient (Wildman–Crippen LogP) is 2.30. The molecule has 1 heterocycles. The third-order valence-electron chi connectivity index (χ3n) is 3.08. The van der Waals surface area contributed by atoms with Gasteiger partial charge >= 0.3 is 0 Å². The van der Waals surface area contributed by atoms with Crippen LogP contribution in [0, 0.1) is 0 Å². The Morgan fingerprint density at radius 1 is 1.48 bits per heavy atom. The lowest BCUT2D eigenvalue weighted by Gasteiger charge is -2.11. The minimum Gasteiger partial charge on any atom is -0.325 e. The van der Waals surface area contributed by atoms with E-state index in [0.717, 1.165) is 10.6 Å². The van der Waals surface area contributed by atoms with E-state index in [-0.39, 0.29) is 18.2 Å². The van der Waals surface area contributed by atoms with Crippen LogP contribution in [0.1, 0.15) is 6.42 Å². The molecule has 0 aromatic heterocycles. The molecule has 1 aliphatic rings. The van der Waals surface area contributed by atoms with E-state index in [1.807, 2.05) is 30.5 Å². The lowest BCUT2D eigenvalue weighted by molar-refractivity contribution is -0.127. The Morgan fingerprint density at radius 3 is 2.81 bits per heavy atom. The van der Waals surface area contributed by atoms with Gasteiger partial charge < -0.3 is 5.32 Å². The maximum absolute atomic E-state index is 12.1. The molecule has 7 heteroatoms. The second kappa shape index (κ2) is 7.00. The lowest BCUT2D eigenvalue weighted by atomic mass is 10.2. The van der Waals surface area contributed by atoms with E-state index in [9.17, 15) is 9.59 Å². The Labute approximate surface area is 132 Å². The highest BCUT2D eigenvalue weighted by molar-refractivity contribution is 8.15. The van der Waals surface area contributed by atoms with Crippen molar-refractivity contribution in [3.63, 3.8) is 0 Å². The number of carbonyl (C=O) groups excluding carboxylic acids is 2. The van der Waals surface area contributed by atoms with Crippen LogP contribution in [-0.4, -0.2) is 47.5 Å². The number of thioether (sulfide) groups is 2. The van der Waals surface area contributed by atoms with Gasteiger partial charge in [0.05, 0.1) is 5.69 Å². The van der Waals surface area contributed by atoms with Crippen molar-refractivity contribution in [1.82, 2.24) is 4.90 Å². The second-order valence-electron chi connectivity index (χ2n) is 4.46. The van der Waals surface area contributed by atoms with Gasteiger partial charge in [0.15, 0.2) is 5.17 Å². The smallest absolute Gasteiger partial charge is 0.242 e. The van der Waals surface area contributed by atoms with Crippen LogP contribution in [0.25, 0.3) is 0 Å². The fraction of sp³-hybridized carbons (Fsp3) is 0.357. The number of nitrogens with one attached hydrogen (secondary N) is 1. The number of amidine groups is 1. The van der Waals surface area contributed by atoms with Crippen LogP contribution in [-0.2, 0) is 9.59 Å². The van der Waals surface area contributed by atoms with Crippen molar-refractivity contribution in [2.75, 3.05) is 25.7 Å². The summed E-state index contributed by atoms with van der Waals surface area (Å²) >= 11 is 2.91. The lowest BCUT2D eigenvalue weighted by Crippen LogP contribution is -2.30. The fourth-order valence-corrected chi connectivity index (χ4v) is 3.67. The quantitative estimate of drug-likeness (QED) is 0.864. The van der Waals surface area contributed by atoms with Gasteiger partial charge in [-0.05, 0) is 18.4 Å². The predicted molar refractivity (Wildman–Crippen MR) is 89.0 cm³/mol. The van der Waals surface area contributed by atoms with Crippen LogP contribution in [0.3, 0.4) is 0 Å². The number of anilines is 1. The molecule has 1 fully saturated rings. The Hall–Kier alpha value is -1.47. The average Bonchev–Trinajstić information content (AvgIpc) is 2.75. The zero-order chi connectivity index (χ0) is 15.4. The highest BCUT2D eigenvalue weighted by Gasteiger charge is 2.36. The minimum atomic E-state index is -0.393. The third-order valence-corrected chi connectivity index (χ3v) is 5.20. The van der Waals surface area contributed by atoms with E-state index in [0.29, 0.717) is 5.17 Å². The maximum atomic E-state index is 12.1. The normalized spacial score (nSPS) is 20.1. The maximum Gasteiger partial charge on any atom is 0.242 e. The van der Waals surface area contributed by atoms with Crippen LogP contribution in [0.15, 0.2) is 34.2 Å². The summed E-state index contributed by atoms with van der Waals surface area (Å²) in [6, 6.07) is 7.61. The third kappa shape index (κ3) is 3.59. The molecule has 112 valence electrons. The molecule has 1 N–H and O–H groups in total. The summed E-state index contributed by atoms with van der Waals surface area (Å²) < 4.78 is 0. The number of amides is 2. The molecular weight excluding hydrogens is 306 g/mol. The Kier molecular flexibility index (Phi) is 5.30. The van der Waals surface area contributed by atoms with Gasteiger partial charge in [-0.15, -0.1) is 11.8 Å². The van der Waals surface area contributed by atoms with Crippen molar-refractivity contribution in [2.45, 2.75) is 16.6 Å². The van der Waals surface area contributed by atoms with E-state index in [1.54, 1.807) is 25.9 Å². The second-order valence-corrected chi connectivity index (χ2v) is 6.48. The largest absolute Gasteiger partial charge is 0.325 e. The summed E-state index contributed by atoms with van der Waals surface area (Å²) in [5, 5.41) is 3.13. The van der Waals surface area contributed by atoms with Crippen molar-refractivity contribution in [2.24, 2.45) is 4.99 Å². The van der Waals surface area contributed by atoms with Gasteiger partial charge in [0.2, 0.25) is 11.8 Å². The van der Waals surface area contributed by atoms with E-state index in [4.69, 9.17) is 0 Å². The van der Waals surface area contributed by atoms with Crippen LogP contribution in [0.5, 0.6) is 0 Å². The van der Waals surface area contributed by atoms with E-state index < -0.39 is 5.25 Å².